The molecule has 3 aromatic rings. The van der Waals surface area contributed by atoms with Gasteiger partial charge in [0, 0.05) is 18.1 Å². The van der Waals surface area contributed by atoms with Gasteiger partial charge in [-0.1, -0.05) is 11.6 Å². The first-order valence-electron chi connectivity index (χ1n) is 7.74. The van der Waals surface area contributed by atoms with E-state index in [9.17, 15) is 9.18 Å². The predicted octanol–water partition coefficient (Wildman–Crippen LogP) is 3.79. The number of carboxylic acids is 1. The molecule has 0 atom stereocenters. The molecule has 26 heavy (non-hydrogen) atoms. The molecule has 1 heterocycles. The number of hydrogen-bond donors (Lipinski definition) is 1. The normalized spacial score (nSPS) is 10.7. The van der Waals surface area contributed by atoms with Gasteiger partial charge in [-0.2, -0.15) is 4.80 Å². The van der Waals surface area contributed by atoms with Crippen LogP contribution in [0, 0.1) is 5.82 Å². The maximum absolute atomic E-state index is 13.2. The lowest BCUT2D eigenvalue weighted by Gasteiger charge is -2.06. The van der Waals surface area contributed by atoms with Crippen molar-refractivity contribution in [3.8, 4) is 22.9 Å². The minimum atomic E-state index is -0.858. The zero-order valence-corrected chi connectivity index (χ0v) is 14.2. The second-order valence-corrected chi connectivity index (χ2v) is 5.82. The highest BCUT2D eigenvalue weighted by molar-refractivity contribution is 6.30. The molecule has 0 fully saturated rings. The molecule has 0 bridgehead atoms. The smallest absolute Gasteiger partial charge is 0.303 e. The Morgan fingerprint density at radius 2 is 1.92 bits per heavy atom. The lowest BCUT2D eigenvalue weighted by molar-refractivity contribution is -0.137. The molecule has 0 spiro atoms. The Kier molecular flexibility index (Phi) is 5.43. The van der Waals surface area contributed by atoms with Crippen LogP contribution in [0.4, 0.5) is 4.39 Å². The second kappa shape index (κ2) is 7.92. The first-order valence-corrected chi connectivity index (χ1v) is 8.12. The van der Waals surface area contributed by atoms with Crippen LogP contribution < -0.4 is 4.74 Å². The summed E-state index contributed by atoms with van der Waals surface area (Å²) < 4.78 is 18.8. The molecule has 0 radical (unpaired) electrons. The Bertz CT molecular complexity index is 915. The van der Waals surface area contributed by atoms with Crippen LogP contribution in [0.2, 0.25) is 5.02 Å². The molecular weight excluding hydrogens is 363 g/mol. The van der Waals surface area contributed by atoms with E-state index in [1.165, 1.54) is 23.0 Å². The summed E-state index contributed by atoms with van der Waals surface area (Å²) in [4.78, 5) is 11.9. The van der Waals surface area contributed by atoms with Crippen LogP contribution in [-0.4, -0.2) is 31.3 Å². The Morgan fingerprint density at radius 1 is 1.19 bits per heavy atom. The van der Waals surface area contributed by atoms with Gasteiger partial charge in [-0.05, 0) is 48.0 Å². The van der Waals surface area contributed by atoms with Gasteiger partial charge in [0.2, 0.25) is 5.82 Å². The van der Waals surface area contributed by atoms with Gasteiger partial charge >= 0.3 is 5.97 Å². The molecule has 0 aliphatic rings. The summed E-state index contributed by atoms with van der Waals surface area (Å²) in [7, 11) is 0. The SMILES string of the molecule is O=C(O)CCCn1nnc(-c2ccc(Oc3ccc(F)c(Cl)c3)cc2)n1. The minimum Gasteiger partial charge on any atom is -0.481 e. The van der Waals surface area contributed by atoms with Crippen LogP contribution >= 0.6 is 11.6 Å². The number of carbonyl (C=O) groups is 1. The van der Waals surface area contributed by atoms with Crippen LogP contribution in [0.1, 0.15) is 12.8 Å². The fraction of sp³-hybridized carbons (Fsp3) is 0.176. The first-order chi connectivity index (χ1) is 12.5. The number of hydrogen-bond acceptors (Lipinski definition) is 5. The summed E-state index contributed by atoms with van der Waals surface area (Å²) in [6.45, 7) is 0.381. The van der Waals surface area contributed by atoms with Crippen LogP contribution in [0.5, 0.6) is 11.5 Å². The topological polar surface area (TPSA) is 90.1 Å². The minimum absolute atomic E-state index is 0.0113. The molecule has 9 heteroatoms. The molecule has 0 aliphatic carbocycles. The number of carboxylic acid groups (broad SMARTS) is 1. The molecule has 0 aliphatic heterocycles. The van der Waals surface area contributed by atoms with Gasteiger partial charge in [-0.25, -0.2) is 4.39 Å². The molecule has 0 amide bonds. The van der Waals surface area contributed by atoms with Crippen LogP contribution in [0.3, 0.4) is 0 Å². The quantitative estimate of drug-likeness (QED) is 0.674. The van der Waals surface area contributed by atoms with Gasteiger partial charge in [-0.3, -0.25) is 4.79 Å². The lowest BCUT2D eigenvalue weighted by Crippen LogP contribution is -2.05. The number of benzene rings is 2. The van der Waals surface area contributed by atoms with Crippen LogP contribution in [0.25, 0.3) is 11.4 Å². The molecule has 1 N–H and O–H groups in total. The molecule has 1 aromatic heterocycles. The van der Waals surface area contributed by atoms with Gasteiger partial charge in [0.25, 0.3) is 0 Å². The Labute approximate surface area is 153 Å². The molecule has 2 aromatic carbocycles. The van der Waals surface area contributed by atoms with Gasteiger partial charge < -0.3 is 9.84 Å². The number of tetrazole rings is 1. The van der Waals surface area contributed by atoms with E-state index in [0.717, 1.165) is 5.56 Å². The van der Waals surface area contributed by atoms with E-state index in [1.807, 2.05) is 0 Å². The fourth-order valence-electron chi connectivity index (χ4n) is 2.17. The summed E-state index contributed by atoms with van der Waals surface area (Å²) in [5.74, 6) is 0.0314. The van der Waals surface area contributed by atoms with Gasteiger partial charge in [0.1, 0.15) is 17.3 Å². The van der Waals surface area contributed by atoms with Crippen molar-refractivity contribution in [3.05, 3.63) is 53.3 Å². The van der Waals surface area contributed by atoms with E-state index in [0.29, 0.717) is 30.3 Å². The molecule has 0 saturated carbocycles. The van der Waals surface area contributed by atoms with E-state index in [4.69, 9.17) is 21.4 Å². The third-order valence-corrected chi connectivity index (χ3v) is 3.73. The number of ether oxygens (including phenoxy) is 1. The molecule has 7 nitrogen and oxygen atoms in total. The van der Waals surface area contributed by atoms with Gasteiger partial charge in [0.05, 0.1) is 11.6 Å². The zero-order valence-electron chi connectivity index (χ0n) is 13.5. The van der Waals surface area contributed by atoms with Crippen molar-refractivity contribution in [2.24, 2.45) is 0 Å². The first kappa shape index (κ1) is 17.8. The maximum Gasteiger partial charge on any atom is 0.303 e. The summed E-state index contributed by atoms with van der Waals surface area (Å²) in [5, 5.41) is 20.7. The Morgan fingerprint density at radius 3 is 2.62 bits per heavy atom. The van der Waals surface area contributed by atoms with E-state index < -0.39 is 11.8 Å². The number of halogens is 2. The maximum atomic E-state index is 13.2. The molecule has 3 rings (SSSR count). The molecule has 0 unspecified atom stereocenters. The van der Waals surface area contributed by atoms with Crippen molar-refractivity contribution in [2.75, 3.05) is 0 Å². The number of rotatable bonds is 7. The third-order valence-electron chi connectivity index (χ3n) is 3.44. The largest absolute Gasteiger partial charge is 0.481 e. The van der Waals surface area contributed by atoms with E-state index >= 15 is 0 Å². The van der Waals surface area contributed by atoms with Crippen molar-refractivity contribution in [1.82, 2.24) is 20.2 Å². The number of nitrogens with zero attached hydrogens (tertiary/aromatic N) is 4. The zero-order chi connectivity index (χ0) is 18.5. The van der Waals surface area contributed by atoms with Crippen LogP contribution in [0.15, 0.2) is 42.5 Å². The highest BCUT2D eigenvalue weighted by Gasteiger charge is 2.08. The number of aromatic nitrogens is 4. The van der Waals surface area contributed by atoms with Crippen molar-refractivity contribution in [2.45, 2.75) is 19.4 Å². The van der Waals surface area contributed by atoms with E-state index in [1.54, 1.807) is 24.3 Å². The second-order valence-electron chi connectivity index (χ2n) is 5.41. The summed E-state index contributed by atoms with van der Waals surface area (Å²) in [5.41, 5.74) is 0.735. The van der Waals surface area contributed by atoms with Crippen molar-refractivity contribution in [1.29, 1.82) is 0 Å². The molecule has 134 valence electrons. The average molecular weight is 377 g/mol. The van der Waals surface area contributed by atoms with E-state index in [2.05, 4.69) is 15.4 Å². The Hall–Kier alpha value is -3.00. The molecular formula is C17H14ClFN4O3. The van der Waals surface area contributed by atoms with Crippen molar-refractivity contribution in [3.63, 3.8) is 0 Å². The fourth-order valence-corrected chi connectivity index (χ4v) is 2.34. The number of aliphatic carboxylic acids is 1. The van der Waals surface area contributed by atoms with Crippen molar-refractivity contribution >= 4 is 17.6 Å². The standard InChI is InChI=1S/C17H14ClFN4O3/c18-14-10-13(7-8-15(14)19)26-12-5-3-11(4-6-12)17-20-22-23(21-17)9-1-2-16(24)25/h3-8,10H,1-2,9H2,(H,24,25). The Balaban J connectivity index is 1.64. The average Bonchev–Trinajstić information content (AvgIpc) is 3.07. The summed E-state index contributed by atoms with van der Waals surface area (Å²) >= 11 is 5.73. The number of aryl methyl sites for hydroxylation is 1. The summed E-state index contributed by atoms with van der Waals surface area (Å²) in [6.07, 6.45) is 0.481. The highest BCUT2D eigenvalue weighted by atomic mass is 35.5. The molecule has 0 saturated heterocycles. The monoisotopic (exact) mass is 376 g/mol. The van der Waals surface area contributed by atoms with Gasteiger partial charge in [-0.15, -0.1) is 10.2 Å². The van der Waals surface area contributed by atoms with Crippen molar-refractivity contribution < 1.29 is 19.0 Å². The summed E-state index contributed by atoms with van der Waals surface area (Å²) in [6, 6.07) is 11.1. The van der Waals surface area contributed by atoms with E-state index in [-0.39, 0.29) is 11.4 Å². The third kappa shape index (κ3) is 4.54. The van der Waals surface area contributed by atoms with Crippen LogP contribution in [-0.2, 0) is 11.3 Å². The lowest BCUT2D eigenvalue weighted by atomic mass is 10.2. The highest BCUT2D eigenvalue weighted by Crippen LogP contribution is 2.27. The predicted molar refractivity (Wildman–Crippen MR) is 91.6 cm³/mol. The van der Waals surface area contributed by atoms with Gasteiger partial charge in [0.15, 0.2) is 0 Å².